The third-order valence-corrected chi connectivity index (χ3v) is 5.70. The number of hydrogen-bond donors (Lipinski definition) is 2. The first-order valence-corrected chi connectivity index (χ1v) is 9.49. The van der Waals surface area contributed by atoms with Crippen molar-refractivity contribution in [3.63, 3.8) is 0 Å². The van der Waals surface area contributed by atoms with Crippen molar-refractivity contribution in [2.24, 2.45) is 11.7 Å². The summed E-state index contributed by atoms with van der Waals surface area (Å²) in [6.07, 6.45) is 5.90. The molecule has 20 heavy (non-hydrogen) atoms. The summed E-state index contributed by atoms with van der Waals surface area (Å²) in [6, 6.07) is -0.194. The van der Waals surface area contributed by atoms with Gasteiger partial charge >= 0.3 is 0 Å². The van der Waals surface area contributed by atoms with Crippen molar-refractivity contribution in [1.82, 2.24) is 5.32 Å². The highest BCUT2D eigenvalue weighted by Gasteiger charge is 2.25. The summed E-state index contributed by atoms with van der Waals surface area (Å²) in [7, 11) is -2.96. The van der Waals surface area contributed by atoms with Crippen LogP contribution in [0.5, 0.6) is 0 Å². The van der Waals surface area contributed by atoms with Crippen molar-refractivity contribution < 1.29 is 13.2 Å². The largest absolute Gasteiger partial charge is 0.352 e. The molecule has 118 valence electrons. The van der Waals surface area contributed by atoms with Gasteiger partial charge in [0.1, 0.15) is 0 Å². The third-order valence-electron chi connectivity index (χ3n) is 3.88. The summed E-state index contributed by atoms with van der Waals surface area (Å²) in [4.78, 5) is 11.9. The van der Waals surface area contributed by atoms with Gasteiger partial charge in [-0.3, -0.25) is 4.79 Å². The molecular weight excluding hydrogens is 276 g/mol. The number of rotatable bonds is 8. The second-order valence-corrected chi connectivity index (χ2v) is 8.02. The number of nitrogens with one attached hydrogen (secondary N) is 1. The second kappa shape index (κ2) is 8.62. The maximum absolute atomic E-state index is 11.9. The van der Waals surface area contributed by atoms with Crippen LogP contribution in [-0.4, -0.2) is 38.4 Å². The first kappa shape index (κ1) is 17.4. The summed E-state index contributed by atoms with van der Waals surface area (Å²) >= 11 is 0. The molecule has 1 saturated heterocycles. The van der Waals surface area contributed by atoms with Gasteiger partial charge in [0.15, 0.2) is 9.84 Å². The fourth-order valence-corrected chi connectivity index (χ4v) is 4.48. The summed E-state index contributed by atoms with van der Waals surface area (Å²) in [5.41, 5.74) is 5.58. The molecule has 0 bridgehead atoms. The molecule has 1 rings (SSSR count). The fraction of sp³-hybridized carbons (Fsp3) is 0.929. The lowest BCUT2D eigenvalue weighted by atomic mass is 9.94. The lowest BCUT2D eigenvalue weighted by molar-refractivity contribution is -0.122. The Kier molecular flexibility index (Phi) is 7.51. The number of sulfone groups is 1. The Bertz CT molecular complexity index is 389. The van der Waals surface area contributed by atoms with E-state index in [9.17, 15) is 13.2 Å². The van der Waals surface area contributed by atoms with Gasteiger partial charge in [0.2, 0.25) is 5.91 Å². The molecule has 2 atom stereocenters. The van der Waals surface area contributed by atoms with Crippen LogP contribution in [0, 0.1) is 5.92 Å². The Balaban J connectivity index is 2.32. The SMILES string of the molecule is CCCC(CCN)CCC(=O)NC1CCCS(=O)(=O)C1. The number of hydrogen-bond acceptors (Lipinski definition) is 4. The lowest BCUT2D eigenvalue weighted by Gasteiger charge is -2.23. The van der Waals surface area contributed by atoms with Crippen LogP contribution in [-0.2, 0) is 14.6 Å². The van der Waals surface area contributed by atoms with E-state index in [1.165, 1.54) is 0 Å². The molecule has 1 fully saturated rings. The molecule has 1 aliphatic heterocycles. The lowest BCUT2D eigenvalue weighted by Crippen LogP contribution is -2.43. The van der Waals surface area contributed by atoms with Crippen LogP contribution in [0.4, 0.5) is 0 Å². The normalized spacial score (nSPS) is 23.2. The summed E-state index contributed by atoms with van der Waals surface area (Å²) in [6.45, 7) is 2.80. The van der Waals surface area contributed by atoms with E-state index < -0.39 is 9.84 Å². The van der Waals surface area contributed by atoms with Crippen molar-refractivity contribution in [3.05, 3.63) is 0 Å². The van der Waals surface area contributed by atoms with Crippen LogP contribution in [0.3, 0.4) is 0 Å². The molecule has 2 unspecified atom stereocenters. The van der Waals surface area contributed by atoms with Gasteiger partial charge in [-0.25, -0.2) is 8.42 Å². The van der Waals surface area contributed by atoms with Crippen LogP contribution in [0.1, 0.15) is 51.9 Å². The standard InChI is InChI=1S/C14H28N2O3S/c1-2-4-12(8-9-15)6-7-14(17)16-13-5-3-10-20(18,19)11-13/h12-13H,2-11,15H2,1H3,(H,16,17). The highest BCUT2D eigenvalue weighted by molar-refractivity contribution is 7.91. The average Bonchev–Trinajstić information content (AvgIpc) is 2.35. The van der Waals surface area contributed by atoms with Gasteiger partial charge in [0, 0.05) is 12.5 Å². The average molecular weight is 304 g/mol. The van der Waals surface area contributed by atoms with Gasteiger partial charge in [-0.15, -0.1) is 0 Å². The van der Waals surface area contributed by atoms with Crippen LogP contribution in [0.25, 0.3) is 0 Å². The van der Waals surface area contributed by atoms with E-state index in [-0.39, 0.29) is 23.5 Å². The summed E-state index contributed by atoms with van der Waals surface area (Å²) in [5, 5.41) is 2.86. The molecule has 0 spiro atoms. The Morgan fingerprint density at radius 3 is 2.70 bits per heavy atom. The van der Waals surface area contributed by atoms with Crippen molar-refractivity contribution >= 4 is 15.7 Å². The van der Waals surface area contributed by atoms with E-state index in [1.807, 2.05) is 0 Å². The van der Waals surface area contributed by atoms with Crippen molar-refractivity contribution in [3.8, 4) is 0 Å². The molecule has 1 amide bonds. The van der Waals surface area contributed by atoms with Gasteiger partial charge in [0.05, 0.1) is 11.5 Å². The molecule has 0 aromatic carbocycles. The van der Waals surface area contributed by atoms with Crippen molar-refractivity contribution in [2.45, 2.75) is 57.9 Å². The van der Waals surface area contributed by atoms with E-state index in [0.717, 1.165) is 32.1 Å². The predicted molar refractivity (Wildman–Crippen MR) is 81.1 cm³/mol. The van der Waals surface area contributed by atoms with Gasteiger partial charge in [-0.1, -0.05) is 19.8 Å². The van der Waals surface area contributed by atoms with E-state index >= 15 is 0 Å². The molecule has 6 heteroatoms. The molecule has 5 nitrogen and oxygen atoms in total. The van der Waals surface area contributed by atoms with E-state index in [0.29, 0.717) is 25.3 Å². The molecule has 1 aliphatic rings. The van der Waals surface area contributed by atoms with Gasteiger partial charge in [0.25, 0.3) is 0 Å². The van der Waals surface area contributed by atoms with Gasteiger partial charge in [-0.05, 0) is 38.1 Å². The third kappa shape index (κ3) is 6.70. The first-order chi connectivity index (χ1) is 9.46. The minimum atomic E-state index is -2.96. The molecule has 0 aliphatic carbocycles. The maximum Gasteiger partial charge on any atom is 0.220 e. The molecular formula is C14H28N2O3S. The molecule has 3 N–H and O–H groups in total. The quantitative estimate of drug-likeness (QED) is 0.705. The Morgan fingerprint density at radius 2 is 2.10 bits per heavy atom. The molecule has 0 radical (unpaired) electrons. The van der Waals surface area contributed by atoms with Crippen molar-refractivity contribution in [1.29, 1.82) is 0 Å². The highest BCUT2D eigenvalue weighted by Crippen LogP contribution is 2.17. The first-order valence-electron chi connectivity index (χ1n) is 7.66. The smallest absolute Gasteiger partial charge is 0.220 e. The number of carbonyl (C=O) groups is 1. The monoisotopic (exact) mass is 304 g/mol. The predicted octanol–water partition coefficient (Wildman–Crippen LogP) is 1.23. The molecule has 0 saturated carbocycles. The number of carbonyl (C=O) groups excluding carboxylic acids is 1. The Labute approximate surface area is 122 Å². The zero-order valence-electron chi connectivity index (χ0n) is 12.4. The van der Waals surface area contributed by atoms with Crippen LogP contribution in [0.2, 0.25) is 0 Å². The minimum Gasteiger partial charge on any atom is -0.352 e. The van der Waals surface area contributed by atoms with E-state index in [4.69, 9.17) is 5.73 Å². The van der Waals surface area contributed by atoms with Crippen LogP contribution >= 0.6 is 0 Å². The molecule has 0 aromatic heterocycles. The fourth-order valence-electron chi connectivity index (χ4n) is 2.85. The van der Waals surface area contributed by atoms with Gasteiger partial charge < -0.3 is 11.1 Å². The highest BCUT2D eigenvalue weighted by atomic mass is 32.2. The second-order valence-electron chi connectivity index (χ2n) is 5.79. The zero-order chi connectivity index (χ0) is 15.0. The Hall–Kier alpha value is -0.620. The summed E-state index contributed by atoms with van der Waals surface area (Å²) < 4.78 is 23.0. The number of amides is 1. The van der Waals surface area contributed by atoms with E-state index in [1.54, 1.807) is 0 Å². The van der Waals surface area contributed by atoms with E-state index in [2.05, 4.69) is 12.2 Å². The molecule has 1 heterocycles. The summed E-state index contributed by atoms with van der Waals surface area (Å²) in [5.74, 6) is 0.838. The van der Waals surface area contributed by atoms with Crippen LogP contribution in [0.15, 0.2) is 0 Å². The number of nitrogens with two attached hydrogens (primary N) is 1. The maximum atomic E-state index is 11.9. The van der Waals surface area contributed by atoms with Gasteiger partial charge in [-0.2, -0.15) is 0 Å². The Morgan fingerprint density at radius 1 is 1.35 bits per heavy atom. The minimum absolute atomic E-state index is 0.0229. The topological polar surface area (TPSA) is 89.3 Å². The zero-order valence-corrected chi connectivity index (χ0v) is 13.3. The van der Waals surface area contributed by atoms with Crippen LogP contribution < -0.4 is 11.1 Å². The van der Waals surface area contributed by atoms with Crippen molar-refractivity contribution in [2.75, 3.05) is 18.1 Å². The molecule has 0 aromatic rings.